The molecule has 0 spiro atoms. The van der Waals surface area contributed by atoms with E-state index >= 15 is 0 Å². The highest BCUT2D eigenvalue weighted by Crippen LogP contribution is 2.32. The number of nitrogens with two attached hydrogens (primary N) is 1. The monoisotopic (exact) mass is 324 g/mol. The summed E-state index contributed by atoms with van der Waals surface area (Å²) < 4.78 is 65.2. The third kappa shape index (κ3) is 3.93. The van der Waals surface area contributed by atoms with Gasteiger partial charge in [-0.25, -0.2) is 12.8 Å². The van der Waals surface area contributed by atoms with Crippen molar-refractivity contribution in [2.45, 2.75) is 13.0 Å². The average Bonchev–Trinajstić information content (AvgIpc) is 2.53. The van der Waals surface area contributed by atoms with Gasteiger partial charge in [-0.1, -0.05) is 0 Å². The van der Waals surface area contributed by atoms with E-state index in [0.29, 0.717) is 18.7 Å². The highest BCUT2D eigenvalue weighted by Gasteiger charge is 2.22. The maximum atomic E-state index is 13.5. The molecule has 0 amide bonds. The van der Waals surface area contributed by atoms with E-state index < -0.39 is 28.0 Å². The van der Waals surface area contributed by atoms with Crippen molar-refractivity contribution in [2.75, 3.05) is 35.2 Å². The van der Waals surface area contributed by atoms with Crippen molar-refractivity contribution in [3.05, 3.63) is 17.9 Å². The Kier molecular flexibility index (Phi) is 4.50. The summed E-state index contributed by atoms with van der Waals surface area (Å²) in [5.41, 5.74) is 6.04. The van der Waals surface area contributed by atoms with Gasteiger partial charge in [0.25, 0.3) is 0 Å². The van der Waals surface area contributed by atoms with Crippen molar-refractivity contribution in [1.29, 1.82) is 0 Å². The number of rotatable bonds is 3. The van der Waals surface area contributed by atoms with E-state index in [1.165, 1.54) is 0 Å². The summed E-state index contributed by atoms with van der Waals surface area (Å²) in [6.07, 6.45) is 0.393. The van der Waals surface area contributed by atoms with E-state index in [2.05, 4.69) is 4.74 Å². The number of hydrogen-bond donors (Lipinski definition) is 1. The largest absolute Gasteiger partial charge is 0.432 e. The van der Waals surface area contributed by atoms with Crippen LogP contribution in [0.15, 0.2) is 12.1 Å². The molecule has 0 saturated carbocycles. The lowest BCUT2D eigenvalue weighted by Gasteiger charge is -2.24. The summed E-state index contributed by atoms with van der Waals surface area (Å²) in [7, 11) is -3.12. The lowest BCUT2D eigenvalue weighted by Crippen LogP contribution is -2.27. The van der Waals surface area contributed by atoms with Gasteiger partial charge in [-0.15, -0.1) is 0 Å². The molecule has 1 aromatic rings. The van der Waals surface area contributed by atoms with Crippen LogP contribution in [0.25, 0.3) is 0 Å². The number of nitrogens with zero attached hydrogens (tertiary/aromatic N) is 1. The topological polar surface area (TPSA) is 72.6 Å². The van der Waals surface area contributed by atoms with Gasteiger partial charge in [0.2, 0.25) is 0 Å². The van der Waals surface area contributed by atoms with Crippen LogP contribution in [0.5, 0.6) is 5.75 Å². The average molecular weight is 324 g/mol. The van der Waals surface area contributed by atoms with Crippen LogP contribution in [-0.4, -0.2) is 39.6 Å². The Bertz CT molecular complexity index is 622. The van der Waals surface area contributed by atoms with Gasteiger partial charge in [0, 0.05) is 25.2 Å². The molecule has 21 heavy (non-hydrogen) atoms. The van der Waals surface area contributed by atoms with Gasteiger partial charge >= 0.3 is 6.61 Å². The van der Waals surface area contributed by atoms with Crippen molar-refractivity contribution in [2.24, 2.45) is 0 Å². The van der Waals surface area contributed by atoms with Crippen molar-refractivity contribution in [1.82, 2.24) is 0 Å². The van der Waals surface area contributed by atoms with Gasteiger partial charge in [0.15, 0.2) is 21.4 Å². The number of anilines is 2. The van der Waals surface area contributed by atoms with Crippen LogP contribution in [-0.2, 0) is 9.84 Å². The van der Waals surface area contributed by atoms with Gasteiger partial charge in [-0.3, -0.25) is 0 Å². The second-order valence-electron chi connectivity index (χ2n) is 4.71. The van der Waals surface area contributed by atoms with Gasteiger partial charge < -0.3 is 15.4 Å². The fraction of sp³-hybridized carbons (Fsp3) is 0.500. The Balaban J connectivity index is 2.30. The quantitative estimate of drug-likeness (QED) is 0.856. The summed E-state index contributed by atoms with van der Waals surface area (Å²) in [5, 5.41) is 0. The summed E-state index contributed by atoms with van der Waals surface area (Å²) in [6, 6.07) is 1.97. The summed E-state index contributed by atoms with van der Waals surface area (Å²) in [5.74, 6) is -1.60. The first-order chi connectivity index (χ1) is 9.78. The van der Waals surface area contributed by atoms with Crippen LogP contribution in [0.1, 0.15) is 6.42 Å². The van der Waals surface area contributed by atoms with E-state index in [9.17, 15) is 21.6 Å². The van der Waals surface area contributed by atoms with Crippen molar-refractivity contribution >= 4 is 21.2 Å². The molecule has 0 aromatic heterocycles. The molecule has 0 bridgehead atoms. The van der Waals surface area contributed by atoms with Gasteiger partial charge in [-0.05, 0) is 6.42 Å². The van der Waals surface area contributed by atoms with Crippen LogP contribution in [0, 0.1) is 5.82 Å². The maximum absolute atomic E-state index is 13.5. The molecule has 2 N–H and O–H groups in total. The third-order valence-corrected chi connectivity index (χ3v) is 4.91. The molecule has 0 unspecified atom stereocenters. The Morgan fingerprint density at radius 3 is 2.62 bits per heavy atom. The van der Waals surface area contributed by atoms with E-state index in [-0.39, 0.29) is 23.7 Å². The molecule has 1 aliphatic rings. The first-order valence-electron chi connectivity index (χ1n) is 6.28. The fourth-order valence-electron chi connectivity index (χ4n) is 2.20. The summed E-state index contributed by atoms with van der Waals surface area (Å²) >= 11 is 0. The predicted molar refractivity (Wildman–Crippen MR) is 72.9 cm³/mol. The lowest BCUT2D eigenvalue weighted by molar-refractivity contribution is -0.0521. The van der Waals surface area contributed by atoms with Crippen molar-refractivity contribution in [3.63, 3.8) is 0 Å². The Hall–Kier alpha value is -1.64. The SMILES string of the molecule is Nc1cc(F)c(OC(F)F)cc1N1CCCS(=O)(=O)CC1. The lowest BCUT2D eigenvalue weighted by atomic mass is 10.2. The molecule has 5 nitrogen and oxygen atoms in total. The zero-order chi connectivity index (χ0) is 15.6. The molecule has 1 heterocycles. The van der Waals surface area contributed by atoms with Gasteiger partial charge in [0.05, 0.1) is 22.9 Å². The first kappa shape index (κ1) is 15.7. The molecule has 1 aromatic carbocycles. The minimum atomic E-state index is -3.15. The molecule has 2 rings (SSSR count). The highest BCUT2D eigenvalue weighted by molar-refractivity contribution is 7.91. The summed E-state index contributed by atoms with van der Waals surface area (Å²) in [6.45, 7) is -2.59. The van der Waals surface area contributed by atoms with E-state index in [1.54, 1.807) is 4.90 Å². The number of ether oxygens (including phenoxy) is 1. The third-order valence-electron chi connectivity index (χ3n) is 3.19. The number of hydrogen-bond acceptors (Lipinski definition) is 5. The molecule has 0 atom stereocenters. The van der Waals surface area contributed by atoms with Crippen LogP contribution in [0.3, 0.4) is 0 Å². The zero-order valence-corrected chi connectivity index (χ0v) is 11.9. The fourth-order valence-corrected chi connectivity index (χ4v) is 3.47. The van der Waals surface area contributed by atoms with Crippen LogP contribution in [0.2, 0.25) is 0 Å². The second-order valence-corrected chi connectivity index (χ2v) is 7.02. The Morgan fingerprint density at radius 2 is 1.95 bits per heavy atom. The Labute approximate surface area is 120 Å². The summed E-state index contributed by atoms with van der Waals surface area (Å²) in [4.78, 5) is 1.64. The smallest absolute Gasteiger partial charge is 0.387 e. The van der Waals surface area contributed by atoms with Crippen molar-refractivity contribution in [3.8, 4) is 5.75 Å². The molecule has 0 aliphatic carbocycles. The highest BCUT2D eigenvalue weighted by atomic mass is 32.2. The van der Waals surface area contributed by atoms with E-state index in [4.69, 9.17) is 5.73 Å². The van der Waals surface area contributed by atoms with Crippen LogP contribution in [0.4, 0.5) is 24.5 Å². The predicted octanol–water partition coefficient (Wildman–Crippen LogP) is 1.63. The molecule has 9 heteroatoms. The molecular formula is C12H15F3N2O3S. The van der Waals surface area contributed by atoms with Gasteiger partial charge in [0.1, 0.15) is 0 Å². The number of halogens is 3. The maximum Gasteiger partial charge on any atom is 0.387 e. The number of sulfone groups is 1. The first-order valence-corrected chi connectivity index (χ1v) is 8.10. The molecule has 1 aliphatic heterocycles. The van der Waals surface area contributed by atoms with Crippen LogP contribution < -0.4 is 15.4 Å². The molecular weight excluding hydrogens is 309 g/mol. The normalized spacial score (nSPS) is 18.6. The van der Waals surface area contributed by atoms with Crippen molar-refractivity contribution < 1.29 is 26.3 Å². The molecule has 1 saturated heterocycles. The minimum absolute atomic E-state index is 0.0495. The number of alkyl halides is 2. The molecule has 118 valence electrons. The Morgan fingerprint density at radius 1 is 1.24 bits per heavy atom. The second kappa shape index (κ2) is 6.00. The molecule has 1 fully saturated rings. The molecule has 0 radical (unpaired) electrons. The van der Waals surface area contributed by atoms with E-state index in [1.807, 2.05) is 0 Å². The van der Waals surface area contributed by atoms with Gasteiger partial charge in [-0.2, -0.15) is 8.78 Å². The standard InChI is InChI=1S/C12H15F3N2O3S/c13-8-6-9(16)10(7-11(8)20-12(14)15)17-2-1-4-21(18,19)5-3-17/h6-7,12H,1-5,16H2. The number of nitrogen functional groups attached to an aromatic ring is 1. The zero-order valence-electron chi connectivity index (χ0n) is 11.1. The van der Waals surface area contributed by atoms with E-state index in [0.717, 1.165) is 12.1 Å². The minimum Gasteiger partial charge on any atom is -0.432 e. The van der Waals surface area contributed by atoms with Crippen LogP contribution >= 0.6 is 0 Å². The number of benzene rings is 1.